The zero-order chi connectivity index (χ0) is 9.26. The molecule has 0 unspecified atom stereocenters. The van der Waals surface area contributed by atoms with Gasteiger partial charge in [-0.25, -0.2) is 4.98 Å². The van der Waals surface area contributed by atoms with E-state index in [9.17, 15) is 0 Å². The van der Waals surface area contributed by atoms with Gasteiger partial charge in [-0.2, -0.15) is 5.10 Å². The molecule has 0 aliphatic heterocycles. The maximum atomic E-state index is 5.55. The van der Waals surface area contributed by atoms with E-state index in [-0.39, 0.29) is 0 Å². The van der Waals surface area contributed by atoms with E-state index in [0.717, 1.165) is 11.3 Å². The van der Waals surface area contributed by atoms with Crippen molar-refractivity contribution in [2.75, 3.05) is 5.73 Å². The van der Waals surface area contributed by atoms with Crippen LogP contribution in [0.3, 0.4) is 0 Å². The van der Waals surface area contributed by atoms with Gasteiger partial charge in [-0.3, -0.25) is 5.10 Å². The van der Waals surface area contributed by atoms with Crippen LogP contribution in [-0.2, 0) is 0 Å². The fraction of sp³-hybridized carbons (Fsp3) is 0. The van der Waals surface area contributed by atoms with Gasteiger partial charge in [-0.05, 0) is 40.2 Å². The Morgan fingerprint density at radius 1 is 1.23 bits per heavy atom. The molecule has 0 radical (unpaired) electrons. The molecule has 0 fully saturated rings. The van der Waals surface area contributed by atoms with Crippen LogP contribution < -0.4 is 5.73 Å². The molecule has 0 saturated heterocycles. The van der Waals surface area contributed by atoms with Crippen LogP contribution in [0.4, 0.5) is 5.69 Å². The Bertz CT molecular complexity index is 406. The third-order valence-electron chi connectivity index (χ3n) is 1.63. The Kier molecular flexibility index (Phi) is 2.02. The van der Waals surface area contributed by atoms with Gasteiger partial charge < -0.3 is 5.73 Å². The number of nitrogens with zero attached hydrogens (tertiary/aromatic N) is 2. The van der Waals surface area contributed by atoms with Gasteiger partial charge in [-0.1, -0.05) is 0 Å². The quantitative estimate of drug-likeness (QED) is 0.745. The van der Waals surface area contributed by atoms with E-state index in [0.29, 0.717) is 10.6 Å². The smallest absolute Gasteiger partial charge is 0.193 e. The average molecular weight is 239 g/mol. The zero-order valence-electron chi connectivity index (χ0n) is 6.66. The normalized spacial score (nSPS) is 10.2. The molecule has 13 heavy (non-hydrogen) atoms. The Morgan fingerprint density at radius 2 is 1.92 bits per heavy atom. The topological polar surface area (TPSA) is 67.6 Å². The lowest BCUT2D eigenvalue weighted by Crippen LogP contribution is -1.85. The van der Waals surface area contributed by atoms with E-state index in [4.69, 9.17) is 5.73 Å². The molecule has 0 bridgehead atoms. The molecule has 0 spiro atoms. The van der Waals surface area contributed by atoms with Crippen LogP contribution in [0.5, 0.6) is 0 Å². The van der Waals surface area contributed by atoms with Gasteiger partial charge in [-0.15, -0.1) is 0 Å². The molecule has 0 aliphatic rings. The minimum absolute atomic E-state index is 0.624. The van der Waals surface area contributed by atoms with Crippen molar-refractivity contribution < 1.29 is 0 Å². The summed E-state index contributed by atoms with van der Waals surface area (Å²) in [4.78, 5) is 4.12. The summed E-state index contributed by atoms with van der Waals surface area (Å²) in [6.07, 6.45) is 0. The number of hydrogen-bond acceptors (Lipinski definition) is 3. The standard InChI is InChI=1S/C8H7BrN4/c9-8-11-7(12-13-8)5-1-3-6(10)4-2-5/h1-4H,10H2,(H,11,12,13). The van der Waals surface area contributed by atoms with Gasteiger partial charge in [0, 0.05) is 11.3 Å². The molecule has 3 N–H and O–H groups in total. The van der Waals surface area contributed by atoms with Crippen molar-refractivity contribution in [2.45, 2.75) is 0 Å². The number of nitrogen functional groups attached to an aromatic ring is 1. The molecule has 0 atom stereocenters. The number of nitrogens with two attached hydrogens (primary N) is 1. The highest BCUT2D eigenvalue weighted by Gasteiger charge is 2.02. The first-order valence-electron chi connectivity index (χ1n) is 3.69. The van der Waals surface area contributed by atoms with Crippen LogP contribution in [0.25, 0.3) is 11.4 Å². The lowest BCUT2D eigenvalue weighted by Gasteiger charge is -1.94. The molecular weight excluding hydrogens is 232 g/mol. The second-order valence-electron chi connectivity index (χ2n) is 2.57. The summed E-state index contributed by atoms with van der Waals surface area (Å²) >= 11 is 3.19. The number of H-pyrrole nitrogens is 1. The number of rotatable bonds is 1. The van der Waals surface area contributed by atoms with Gasteiger partial charge in [0.1, 0.15) is 0 Å². The number of benzene rings is 1. The Morgan fingerprint density at radius 3 is 2.46 bits per heavy atom. The van der Waals surface area contributed by atoms with Crippen molar-refractivity contribution in [1.82, 2.24) is 15.2 Å². The summed E-state index contributed by atoms with van der Waals surface area (Å²) in [5, 5.41) is 6.70. The van der Waals surface area contributed by atoms with Crippen LogP contribution in [-0.4, -0.2) is 15.2 Å². The summed E-state index contributed by atoms with van der Waals surface area (Å²) in [5.74, 6) is 0.659. The molecule has 1 aromatic carbocycles. The molecule has 5 heteroatoms. The fourth-order valence-electron chi connectivity index (χ4n) is 1.00. The summed E-state index contributed by atoms with van der Waals surface area (Å²) < 4.78 is 0.624. The van der Waals surface area contributed by atoms with E-state index in [1.54, 1.807) is 0 Å². The van der Waals surface area contributed by atoms with E-state index < -0.39 is 0 Å². The number of hydrogen-bond donors (Lipinski definition) is 2. The molecule has 1 heterocycles. The molecule has 66 valence electrons. The largest absolute Gasteiger partial charge is 0.399 e. The molecule has 0 amide bonds. The average Bonchev–Trinajstić information content (AvgIpc) is 2.53. The summed E-state index contributed by atoms with van der Waals surface area (Å²) in [7, 11) is 0. The number of aromatic nitrogens is 3. The highest BCUT2D eigenvalue weighted by atomic mass is 79.9. The fourth-order valence-corrected chi connectivity index (χ4v) is 1.26. The van der Waals surface area contributed by atoms with Gasteiger partial charge >= 0.3 is 0 Å². The maximum absolute atomic E-state index is 5.55. The lowest BCUT2D eigenvalue weighted by molar-refractivity contribution is 1.07. The molecule has 0 saturated carbocycles. The van der Waals surface area contributed by atoms with Crippen molar-refractivity contribution in [1.29, 1.82) is 0 Å². The van der Waals surface area contributed by atoms with E-state index in [2.05, 4.69) is 31.1 Å². The number of halogens is 1. The molecular formula is C8H7BrN4. The first kappa shape index (κ1) is 8.25. The minimum atomic E-state index is 0.624. The predicted octanol–water partition coefficient (Wildman–Crippen LogP) is 1.82. The first-order valence-corrected chi connectivity index (χ1v) is 4.49. The van der Waals surface area contributed by atoms with E-state index in [1.807, 2.05) is 24.3 Å². The Balaban J connectivity index is 2.41. The highest BCUT2D eigenvalue weighted by Crippen LogP contribution is 2.17. The van der Waals surface area contributed by atoms with Gasteiger partial charge in [0.2, 0.25) is 0 Å². The number of anilines is 1. The number of aromatic amines is 1. The zero-order valence-corrected chi connectivity index (χ0v) is 8.25. The Hall–Kier alpha value is -1.36. The van der Waals surface area contributed by atoms with E-state index in [1.165, 1.54) is 0 Å². The third-order valence-corrected chi connectivity index (χ3v) is 1.98. The van der Waals surface area contributed by atoms with Gasteiger partial charge in [0.15, 0.2) is 10.6 Å². The summed E-state index contributed by atoms with van der Waals surface area (Å²) in [5.41, 5.74) is 7.23. The van der Waals surface area contributed by atoms with Crippen molar-refractivity contribution in [3.05, 3.63) is 29.0 Å². The van der Waals surface area contributed by atoms with Gasteiger partial charge in [0.25, 0.3) is 0 Å². The lowest BCUT2D eigenvalue weighted by atomic mass is 10.2. The second kappa shape index (κ2) is 3.18. The van der Waals surface area contributed by atoms with Crippen LogP contribution in [0, 0.1) is 0 Å². The second-order valence-corrected chi connectivity index (χ2v) is 3.32. The van der Waals surface area contributed by atoms with Crippen molar-refractivity contribution >= 4 is 21.6 Å². The van der Waals surface area contributed by atoms with Crippen LogP contribution in [0.15, 0.2) is 29.0 Å². The molecule has 2 rings (SSSR count). The molecule has 1 aromatic heterocycles. The monoisotopic (exact) mass is 238 g/mol. The van der Waals surface area contributed by atoms with Crippen LogP contribution in [0.1, 0.15) is 0 Å². The van der Waals surface area contributed by atoms with Crippen LogP contribution >= 0.6 is 15.9 Å². The van der Waals surface area contributed by atoms with Crippen molar-refractivity contribution in [3.8, 4) is 11.4 Å². The van der Waals surface area contributed by atoms with Crippen LogP contribution in [0.2, 0.25) is 0 Å². The SMILES string of the molecule is Nc1ccc(-c2n[nH]c(Br)n2)cc1. The van der Waals surface area contributed by atoms with Crippen molar-refractivity contribution in [2.24, 2.45) is 0 Å². The highest BCUT2D eigenvalue weighted by molar-refractivity contribution is 9.10. The Labute approximate surface area is 83.3 Å². The summed E-state index contributed by atoms with van der Waals surface area (Å²) in [6.45, 7) is 0. The maximum Gasteiger partial charge on any atom is 0.193 e. The predicted molar refractivity (Wildman–Crippen MR) is 53.9 cm³/mol. The first-order chi connectivity index (χ1) is 6.25. The molecule has 0 aliphatic carbocycles. The number of nitrogens with one attached hydrogen (secondary N) is 1. The minimum Gasteiger partial charge on any atom is -0.399 e. The molecule has 2 aromatic rings. The van der Waals surface area contributed by atoms with Gasteiger partial charge in [0.05, 0.1) is 0 Å². The third kappa shape index (κ3) is 1.70. The molecule has 4 nitrogen and oxygen atoms in total. The van der Waals surface area contributed by atoms with E-state index >= 15 is 0 Å². The summed E-state index contributed by atoms with van der Waals surface area (Å²) in [6, 6.07) is 7.40. The van der Waals surface area contributed by atoms with Crippen molar-refractivity contribution in [3.63, 3.8) is 0 Å².